The number of aryl methyl sites for hydroxylation is 1. The lowest BCUT2D eigenvalue weighted by Gasteiger charge is -2.29. The first kappa shape index (κ1) is 23.4. The highest BCUT2D eigenvalue weighted by molar-refractivity contribution is 5.96. The van der Waals surface area contributed by atoms with Gasteiger partial charge >= 0.3 is 0 Å². The summed E-state index contributed by atoms with van der Waals surface area (Å²) in [4.78, 5) is 26.9. The van der Waals surface area contributed by atoms with Crippen molar-refractivity contribution in [2.45, 2.75) is 46.1 Å². The van der Waals surface area contributed by atoms with E-state index >= 15 is 0 Å². The third-order valence-electron chi connectivity index (χ3n) is 4.35. The Morgan fingerprint density at radius 3 is 2.47 bits per heavy atom. The van der Waals surface area contributed by atoms with Gasteiger partial charge < -0.3 is 15.2 Å². The van der Waals surface area contributed by atoms with E-state index in [0.29, 0.717) is 31.6 Å². The number of halogens is 3. The zero-order chi connectivity index (χ0) is 22.3. The average Bonchev–Trinajstić information content (AvgIpc) is 3.10. The average molecular weight is 426 g/mol. The number of nitrogens with zero attached hydrogens (tertiary/aromatic N) is 2. The molecule has 0 spiro atoms. The van der Waals surface area contributed by atoms with E-state index in [1.165, 1.54) is 0 Å². The minimum atomic E-state index is -1.66. The van der Waals surface area contributed by atoms with Gasteiger partial charge in [-0.15, -0.1) is 0 Å². The van der Waals surface area contributed by atoms with Gasteiger partial charge in [0.05, 0.1) is 18.3 Å². The maximum atomic E-state index is 13.8. The molecule has 0 saturated heterocycles. The number of aromatic nitrogens is 1. The Balaban J connectivity index is 2.13. The molecule has 1 aromatic carbocycles. The monoisotopic (exact) mass is 426 g/mol. The number of nitrogens with one attached hydrogen (secondary N) is 2. The molecule has 2 amide bonds. The second kappa shape index (κ2) is 10.8. The maximum absolute atomic E-state index is 13.8. The third kappa shape index (κ3) is 6.06. The van der Waals surface area contributed by atoms with Gasteiger partial charge in [-0.2, -0.15) is 0 Å². The molecule has 30 heavy (non-hydrogen) atoms. The summed E-state index contributed by atoms with van der Waals surface area (Å²) in [7, 11) is 0. The number of benzene rings is 1. The predicted molar refractivity (Wildman–Crippen MR) is 105 cm³/mol. The number of hydrogen-bond donors (Lipinski definition) is 2. The Bertz CT molecular complexity index is 888. The van der Waals surface area contributed by atoms with Crippen LogP contribution >= 0.6 is 0 Å². The third-order valence-corrected chi connectivity index (χ3v) is 4.35. The zero-order valence-corrected chi connectivity index (χ0v) is 17.1. The summed E-state index contributed by atoms with van der Waals surface area (Å²) < 4.78 is 45.2. The van der Waals surface area contributed by atoms with E-state index in [0.717, 1.165) is 12.1 Å². The van der Waals surface area contributed by atoms with E-state index in [1.54, 1.807) is 17.9 Å². The Morgan fingerprint density at radius 1 is 1.13 bits per heavy atom. The van der Waals surface area contributed by atoms with Crippen molar-refractivity contribution in [2.75, 3.05) is 23.7 Å². The molecule has 0 aliphatic carbocycles. The fourth-order valence-corrected chi connectivity index (χ4v) is 3.02. The molecule has 1 atom stereocenters. The SMILES string of the molecule is CCCC(C(=O)Nc1cc(C)on1)N(CCC)CC(=O)Nc1ccc(F)c(F)c1F. The van der Waals surface area contributed by atoms with Crippen molar-refractivity contribution in [3.05, 3.63) is 41.4 Å². The molecule has 2 rings (SSSR count). The Morgan fingerprint density at radius 2 is 1.87 bits per heavy atom. The molecular formula is C20H25F3N4O3. The number of amides is 2. The number of hydrogen-bond acceptors (Lipinski definition) is 5. The van der Waals surface area contributed by atoms with Crippen LogP contribution < -0.4 is 10.6 Å². The molecule has 1 aromatic heterocycles. The van der Waals surface area contributed by atoms with Crippen LogP contribution in [-0.4, -0.2) is 41.0 Å². The zero-order valence-electron chi connectivity index (χ0n) is 17.1. The first-order valence-electron chi connectivity index (χ1n) is 9.68. The Labute approximate surface area is 172 Å². The van der Waals surface area contributed by atoms with E-state index < -0.39 is 35.1 Å². The quantitative estimate of drug-likeness (QED) is 0.564. The Hall–Kier alpha value is -2.88. The molecule has 0 aliphatic rings. The highest BCUT2D eigenvalue weighted by Gasteiger charge is 2.27. The topological polar surface area (TPSA) is 87.5 Å². The van der Waals surface area contributed by atoms with E-state index in [2.05, 4.69) is 15.8 Å². The van der Waals surface area contributed by atoms with Gasteiger partial charge in [0.1, 0.15) is 5.76 Å². The van der Waals surface area contributed by atoms with Gasteiger partial charge in [-0.1, -0.05) is 25.4 Å². The number of carbonyl (C=O) groups is 2. The first-order valence-corrected chi connectivity index (χ1v) is 9.68. The molecule has 0 fully saturated rings. The fourth-order valence-electron chi connectivity index (χ4n) is 3.02. The molecule has 2 N–H and O–H groups in total. The summed E-state index contributed by atoms with van der Waals surface area (Å²) in [5.41, 5.74) is -0.468. The largest absolute Gasteiger partial charge is 0.360 e. The summed E-state index contributed by atoms with van der Waals surface area (Å²) >= 11 is 0. The normalized spacial score (nSPS) is 12.1. The van der Waals surface area contributed by atoms with Crippen molar-refractivity contribution >= 4 is 23.3 Å². The van der Waals surface area contributed by atoms with Crippen LogP contribution in [0.25, 0.3) is 0 Å². The van der Waals surface area contributed by atoms with Crippen LogP contribution in [0.2, 0.25) is 0 Å². The molecule has 1 unspecified atom stereocenters. The molecule has 164 valence electrons. The van der Waals surface area contributed by atoms with Crippen LogP contribution in [0.1, 0.15) is 38.9 Å². The smallest absolute Gasteiger partial charge is 0.242 e. The van der Waals surface area contributed by atoms with Crippen LogP contribution in [0.15, 0.2) is 22.7 Å². The highest BCUT2D eigenvalue weighted by Crippen LogP contribution is 2.20. The first-order chi connectivity index (χ1) is 14.3. The number of rotatable bonds is 10. The van der Waals surface area contributed by atoms with Crippen molar-refractivity contribution in [3.63, 3.8) is 0 Å². The van der Waals surface area contributed by atoms with Gasteiger partial charge in [0, 0.05) is 6.07 Å². The summed E-state index contributed by atoms with van der Waals surface area (Å²) in [5.74, 6) is -4.69. The van der Waals surface area contributed by atoms with E-state index in [9.17, 15) is 22.8 Å². The molecule has 1 heterocycles. The highest BCUT2D eigenvalue weighted by atomic mass is 19.2. The van der Waals surface area contributed by atoms with Gasteiger partial charge in [0.25, 0.3) is 0 Å². The maximum Gasteiger partial charge on any atom is 0.242 e. The van der Waals surface area contributed by atoms with Crippen molar-refractivity contribution in [1.82, 2.24) is 10.1 Å². The summed E-state index contributed by atoms with van der Waals surface area (Å²) in [6.45, 7) is 5.67. The molecule has 7 nitrogen and oxygen atoms in total. The summed E-state index contributed by atoms with van der Waals surface area (Å²) in [5, 5.41) is 8.63. The van der Waals surface area contributed by atoms with Gasteiger partial charge in [0.15, 0.2) is 23.3 Å². The fraction of sp³-hybridized carbons (Fsp3) is 0.450. The van der Waals surface area contributed by atoms with E-state index in [4.69, 9.17) is 4.52 Å². The van der Waals surface area contributed by atoms with Gasteiger partial charge in [-0.3, -0.25) is 14.5 Å². The molecule has 0 saturated carbocycles. The van der Waals surface area contributed by atoms with Crippen molar-refractivity contribution in [1.29, 1.82) is 0 Å². The predicted octanol–water partition coefficient (Wildman–Crippen LogP) is 3.86. The van der Waals surface area contributed by atoms with Gasteiger partial charge in [-0.25, -0.2) is 13.2 Å². The van der Waals surface area contributed by atoms with Crippen molar-refractivity contribution < 1.29 is 27.3 Å². The van der Waals surface area contributed by atoms with E-state index in [1.807, 2.05) is 13.8 Å². The lowest BCUT2D eigenvalue weighted by molar-refractivity contribution is -0.124. The van der Waals surface area contributed by atoms with Crippen LogP contribution in [-0.2, 0) is 9.59 Å². The molecular weight excluding hydrogens is 401 g/mol. The Kier molecular flexibility index (Phi) is 8.40. The molecule has 0 bridgehead atoms. The van der Waals surface area contributed by atoms with Crippen molar-refractivity contribution in [3.8, 4) is 0 Å². The summed E-state index contributed by atoms with van der Waals surface area (Å²) in [6.07, 6.45) is 1.80. The van der Waals surface area contributed by atoms with Gasteiger partial charge in [0.2, 0.25) is 11.8 Å². The number of carbonyl (C=O) groups excluding carboxylic acids is 2. The van der Waals surface area contributed by atoms with Crippen molar-refractivity contribution in [2.24, 2.45) is 0 Å². The molecule has 0 aliphatic heterocycles. The van der Waals surface area contributed by atoms with Crippen LogP contribution in [0.5, 0.6) is 0 Å². The lowest BCUT2D eigenvalue weighted by atomic mass is 10.1. The second-order valence-corrected chi connectivity index (χ2v) is 6.86. The van der Waals surface area contributed by atoms with Gasteiger partial charge in [-0.05, 0) is 38.4 Å². The molecule has 0 radical (unpaired) electrons. The lowest BCUT2D eigenvalue weighted by Crippen LogP contribution is -2.47. The second-order valence-electron chi connectivity index (χ2n) is 6.86. The standard InChI is InChI=1S/C20H25F3N4O3/c1-4-6-15(20(29)25-16-10-12(3)30-26-16)27(9-5-2)11-17(28)24-14-8-7-13(21)18(22)19(14)23/h7-8,10,15H,4-6,9,11H2,1-3H3,(H,24,28)(H,25,26,29). The van der Waals surface area contributed by atoms with Crippen LogP contribution in [0, 0.1) is 24.4 Å². The summed E-state index contributed by atoms with van der Waals surface area (Å²) in [6, 6.07) is 2.60. The molecule has 2 aromatic rings. The molecule has 10 heteroatoms. The minimum absolute atomic E-state index is 0.234. The van der Waals surface area contributed by atoms with Crippen LogP contribution in [0.3, 0.4) is 0 Å². The van der Waals surface area contributed by atoms with Crippen LogP contribution in [0.4, 0.5) is 24.7 Å². The van der Waals surface area contributed by atoms with E-state index in [-0.39, 0.29) is 18.3 Å². The number of anilines is 2. The minimum Gasteiger partial charge on any atom is -0.360 e.